The number of aldehydes is 1. The summed E-state index contributed by atoms with van der Waals surface area (Å²) >= 11 is 0. The maximum Gasteiger partial charge on any atom is 0.142 e. The number of nitrogen functional groups attached to an aromatic ring is 1. The van der Waals surface area contributed by atoms with Crippen LogP contribution < -0.4 is 5.73 Å². The van der Waals surface area contributed by atoms with Crippen LogP contribution in [-0.4, -0.2) is 18.4 Å². The summed E-state index contributed by atoms with van der Waals surface area (Å²) in [5, 5.41) is 0. The van der Waals surface area contributed by atoms with Gasteiger partial charge in [0, 0.05) is 18.2 Å². The lowest BCUT2D eigenvalue weighted by molar-refractivity contribution is -0.104. The van der Waals surface area contributed by atoms with Crippen molar-refractivity contribution in [2.75, 3.05) is 12.8 Å². The van der Waals surface area contributed by atoms with Gasteiger partial charge in [0.05, 0.1) is 12.3 Å². The number of nitrogens with zero attached hydrogens (tertiary/aromatic N) is 1. The second kappa shape index (κ2) is 7.84. The van der Waals surface area contributed by atoms with Crippen LogP contribution in [0.15, 0.2) is 30.3 Å². The van der Waals surface area contributed by atoms with Crippen molar-refractivity contribution in [1.82, 2.24) is 4.98 Å². The molecule has 1 aromatic carbocycles. The summed E-state index contributed by atoms with van der Waals surface area (Å²) in [4.78, 5) is 15.3. The first-order valence-corrected chi connectivity index (χ1v) is 7.68. The summed E-state index contributed by atoms with van der Waals surface area (Å²) < 4.78 is 18.6. The van der Waals surface area contributed by atoms with Crippen molar-refractivity contribution in [2.45, 2.75) is 26.4 Å². The van der Waals surface area contributed by atoms with Crippen LogP contribution in [-0.2, 0) is 16.1 Å². The maximum atomic E-state index is 13.3. The largest absolute Gasteiger partial charge is 0.383 e. The van der Waals surface area contributed by atoms with Gasteiger partial charge in [-0.2, -0.15) is 0 Å². The van der Waals surface area contributed by atoms with Crippen LogP contribution >= 0.6 is 0 Å². The fraction of sp³-hybridized carbons (Fsp3) is 0.263. The van der Waals surface area contributed by atoms with E-state index in [-0.39, 0.29) is 18.3 Å². The van der Waals surface area contributed by atoms with E-state index < -0.39 is 0 Å². The molecule has 0 atom stereocenters. The topological polar surface area (TPSA) is 65.2 Å². The number of allylic oxidation sites excluding steroid dienone is 1. The zero-order chi connectivity index (χ0) is 17.7. The highest BCUT2D eigenvalue weighted by Gasteiger charge is 2.20. The first-order chi connectivity index (χ1) is 11.5. The molecule has 126 valence electrons. The number of halogens is 1. The molecule has 24 heavy (non-hydrogen) atoms. The zero-order valence-electron chi connectivity index (χ0n) is 14.0. The molecule has 5 heteroatoms. The van der Waals surface area contributed by atoms with E-state index in [2.05, 4.69) is 4.98 Å². The number of rotatable bonds is 6. The number of pyridine rings is 1. The Labute approximate surface area is 141 Å². The van der Waals surface area contributed by atoms with Crippen molar-refractivity contribution in [1.29, 1.82) is 0 Å². The Hall–Kier alpha value is -2.53. The third kappa shape index (κ3) is 3.68. The van der Waals surface area contributed by atoms with Crippen molar-refractivity contribution in [3.63, 3.8) is 0 Å². The van der Waals surface area contributed by atoms with Crippen LogP contribution in [0.2, 0.25) is 0 Å². The molecule has 0 saturated carbocycles. The monoisotopic (exact) mass is 328 g/mol. The zero-order valence-corrected chi connectivity index (χ0v) is 14.0. The normalized spacial score (nSPS) is 11.4. The Kier molecular flexibility index (Phi) is 5.82. The molecule has 0 aliphatic carbocycles. The maximum absolute atomic E-state index is 13.3. The Balaban J connectivity index is 2.85. The highest BCUT2D eigenvalue weighted by Crippen LogP contribution is 2.36. The first-order valence-electron chi connectivity index (χ1n) is 7.68. The van der Waals surface area contributed by atoms with Gasteiger partial charge >= 0.3 is 0 Å². The van der Waals surface area contributed by atoms with E-state index in [0.717, 1.165) is 27.9 Å². The van der Waals surface area contributed by atoms with Crippen LogP contribution in [0.4, 0.5) is 10.2 Å². The third-order valence-electron chi connectivity index (χ3n) is 3.71. The molecule has 0 aliphatic heterocycles. The van der Waals surface area contributed by atoms with Gasteiger partial charge in [-0.3, -0.25) is 4.79 Å². The van der Waals surface area contributed by atoms with Crippen LogP contribution in [0.5, 0.6) is 0 Å². The summed E-state index contributed by atoms with van der Waals surface area (Å²) in [6, 6.07) is 6.16. The van der Waals surface area contributed by atoms with Crippen LogP contribution in [0.25, 0.3) is 17.2 Å². The van der Waals surface area contributed by atoms with E-state index in [1.165, 1.54) is 18.2 Å². The fourth-order valence-electron chi connectivity index (χ4n) is 2.66. The van der Waals surface area contributed by atoms with Gasteiger partial charge in [0.2, 0.25) is 0 Å². The second-order valence-electron chi connectivity index (χ2n) is 5.74. The number of ether oxygens (including phenoxy) is 1. The predicted octanol–water partition coefficient (Wildman–Crippen LogP) is 3.95. The number of carbonyl (C=O) groups excluding carboxylic acids is 1. The number of hydrogen-bond donors (Lipinski definition) is 1. The number of benzene rings is 1. The lowest BCUT2D eigenvalue weighted by Gasteiger charge is -2.20. The number of aromatic nitrogens is 1. The number of methoxy groups -OCH3 is 1. The average molecular weight is 328 g/mol. The predicted molar refractivity (Wildman–Crippen MR) is 93.9 cm³/mol. The van der Waals surface area contributed by atoms with Crippen LogP contribution in [0, 0.1) is 5.82 Å². The molecular formula is C19H21FN2O2. The van der Waals surface area contributed by atoms with Gasteiger partial charge in [-0.15, -0.1) is 0 Å². The van der Waals surface area contributed by atoms with Gasteiger partial charge in [0.1, 0.15) is 17.9 Å². The van der Waals surface area contributed by atoms with Gasteiger partial charge < -0.3 is 10.5 Å². The van der Waals surface area contributed by atoms with E-state index in [1.54, 1.807) is 25.3 Å². The minimum atomic E-state index is -0.317. The summed E-state index contributed by atoms with van der Waals surface area (Å²) in [5.41, 5.74) is 10.1. The number of anilines is 1. The molecule has 2 aromatic rings. The highest BCUT2D eigenvalue weighted by atomic mass is 19.1. The second-order valence-corrected chi connectivity index (χ2v) is 5.74. The third-order valence-corrected chi connectivity index (χ3v) is 3.71. The molecule has 2 rings (SSSR count). The molecule has 0 bridgehead atoms. The van der Waals surface area contributed by atoms with Gasteiger partial charge in [-0.05, 0) is 41.3 Å². The van der Waals surface area contributed by atoms with E-state index in [9.17, 15) is 9.18 Å². The Bertz CT molecular complexity index is 753. The molecule has 0 fully saturated rings. The molecule has 1 heterocycles. The molecule has 0 saturated heterocycles. The Morgan fingerprint density at radius 2 is 1.96 bits per heavy atom. The molecule has 0 amide bonds. The SMILES string of the molecule is COCc1c(N)nc(C(C)C)c(/C=C/C=O)c1-c1ccc(F)cc1. The van der Waals surface area contributed by atoms with Crippen molar-refractivity contribution in [3.05, 3.63) is 53.0 Å². The molecule has 0 aliphatic rings. The summed E-state index contributed by atoms with van der Waals surface area (Å²) in [5.74, 6) is 0.167. The molecule has 0 spiro atoms. The van der Waals surface area contributed by atoms with E-state index in [0.29, 0.717) is 12.1 Å². The molecule has 4 nitrogen and oxygen atoms in total. The lowest BCUT2D eigenvalue weighted by Crippen LogP contribution is -2.09. The van der Waals surface area contributed by atoms with Gasteiger partial charge in [0.15, 0.2) is 0 Å². The standard InChI is InChI=1S/C19H21FN2O2/c1-12(2)18-15(5-4-10-23)17(13-6-8-14(20)9-7-13)16(11-24-3)19(21)22-18/h4-10,12H,11H2,1-3H3,(H2,21,22)/b5-4+. The number of carbonyl (C=O) groups is 1. The molecule has 0 unspecified atom stereocenters. The van der Waals surface area contributed by atoms with E-state index >= 15 is 0 Å². The van der Waals surface area contributed by atoms with E-state index in [4.69, 9.17) is 10.5 Å². The molecular weight excluding hydrogens is 307 g/mol. The van der Waals surface area contributed by atoms with Crippen LogP contribution in [0.1, 0.15) is 36.6 Å². The van der Waals surface area contributed by atoms with Crippen LogP contribution in [0.3, 0.4) is 0 Å². The summed E-state index contributed by atoms with van der Waals surface area (Å²) in [6.07, 6.45) is 3.85. The molecule has 2 N–H and O–H groups in total. The number of hydrogen-bond acceptors (Lipinski definition) is 4. The van der Waals surface area contributed by atoms with Crippen molar-refractivity contribution in [3.8, 4) is 11.1 Å². The minimum Gasteiger partial charge on any atom is -0.383 e. The van der Waals surface area contributed by atoms with E-state index in [1.807, 2.05) is 13.8 Å². The average Bonchev–Trinajstić information content (AvgIpc) is 2.56. The van der Waals surface area contributed by atoms with Crippen molar-refractivity contribution < 1.29 is 13.9 Å². The van der Waals surface area contributed by atoms with Crippen molar-refractivity contribution >= 4 is 18.2 Å². The van der Waals surface area contributed by atoms with Gasteiger partial charge in [-0.1, -0.05) is 26.0 Å². The molecule has 0 radical (unpaired) electrons. The molecule has 1 aromatic heterocycles. The number of nitrogens with two attached hydrogens (primary N) is 1. The van der Waals surface area contributed by atoms with Gasteiger partial charge in [-0.25, -0.2) is 9.37 Å². The summed E-state index contributed by atoms with van der Waals surface area (Å²) in [6.45, 7) is 4.28. The fourth-order valence-corrected chi connectivity index (χ4v) is 2.66. The highest BCUT2D eigenvalue weighted by molar-refractivity contribution is 5.85. The lowest BCUT2D eigenvalue weighted by atomic mass is 9.90. The smallest absolute Gasteiger partial charge is 0.142 e. The van der Waals surface area contributed by atoms with Gasteiger partial charge in [0.25, 0.3) is 0 Å². The Morgan fingerprint density at radius 3 is 2.50 bits per heavy atom. The quantitative estimate of drug-likeness (QED) is 0.644. The Morgan fingerprint density at radius 1 is 1.29 bits per heavy atom. The first kappa shape index (κ1) is 17.8. The van der Waals surface area contributed by atoms with Crippen molar-refractivity contribution in [2.24, 2.45) is 0 Å². The minimum absolute atomic E-state index is 0.106. The summed E-state index contributed by atoms with van der Waals surface area (Å²) in [7, 11) is 1.57.